The number of hydrogen-bond acceptors (Lipinski definition) is 2. The number of rotatable bonds is 10. The van der Waals surface area contributed by atoms with Gasteiger partial charge >= 0.3 is 0 Å². The molecule has 0 unspecified atom stereocenters. The lowest BCUT2D eigenvalue weighted by Crippen LogP contribution is -2.38. The lowest BCUT2D eigenvalue weighted by molar-refractivity contribution is -0.116. The smallest absolute Gasteiger partial charge is 0.253 e. The van der Waals surface area contributed by atoms with E-state index in [-0.39, 0.29) is 11.8 Å². The van der Waals surface area contributed by atoms with Gasteiger partial charge in [0.15, 0.2) is 0 Å². The summed E-state index contributed by atoms with van der Waals surface area (Å²) in [6, 6.07) is 9.52. The van der Waals surface area contributed by atoms with Gasteiger partial charge in [-0.1, -0.05) is 61.9 Å². The molecule has 30 heavy (non-hydrogen) atoms. The fourth-order valence-corrected chi connectivity index (χ4v) is 3.62. The molecule has 0 atom stereocenters. The fraction of sp³-hybridized carbons (Fsp3) is 0.385. The van der Waals surface area contributed by atoms with Gasteiger partial charge in [-0.15, -0.1) is 0 Å². The van der Waals surface area contributed by atoms with Gasteiger partial charge in [0.2, 0.25) is 5.91 Å². The third-order valence-electron chi connectivity index (χ3n) is 5.45. The zero-order valence-electron chi connectivity index (χ0n) is 18.1. The number of allylic oxidation sites excluding steroid dienone is 6. The molecule has 0 bridgehead atoms. The molecule has 0 saturated carbocycles. The molecule has 2 amide bonds. The number of carbonyl (C=O) groups excluding carboxylic acids is 2. The number of likely N-dealkylation sites (tertiary alicyclic amines) is 1. The van der Waals surface area contributed by atoms with Crippen LogP contribution in [0.3, 0.4) is 0 Å². The summed E-state index contributed by atoms with van der Waals surface area (Å²) in [5.74, 6) is 0.759. The summed E-state index contributed by atoms with van der Waals surface area (Å²) in [6.07, 6.45) is 16.2. The maximum Gasteiger partial charge on any atom is 0.253 e. The van der Waals surface area contributed by atoms with E-state index in [1.807, 2.05) is 60.4 Å². The maximum atomic E-state index is 12.5. The Morgan fingerprint density at radius 3 is 2.50 bits per heavy atom. The van der Waals surface area contributed by atoms with Crippen molar-refractivity contribution in [2.24, 2.45) is 5.92 Å². The van der Waals surface area contributed by atoms with Crippen LogP contribution in [0.25, 0.3) is 0 Å². The van der Waals surface area contributed by atoms with E-state index in [0.29, 0.717) is 12.5 Å². The van der Waals surface area contributed by atoms with E-state index in [2.05, 4.69) is 11.9 Å². The average molecular weight is 407 g/mol. The minimum Gasteiger partial charge on any atom is -0.353 e. The fourth-order valence-electron chi connectivity index (χ4n) is 3.62. The maximum absolute atomic E-state index is 12.5. The third-order valence-corrected chi connectivity index (χ3v) is 5.45. The molecule has 1 fully saturated rings. The molecule has 160 valence electrons. The summed E-state index contributed by atoms with van der Waals surface area (Å²) in [5, 5.41) is 2.95. The molecule has 1 heterocycles. The van der Waals surface area contributed by atoms with Crippen LogP contribution < -0.4 is 5.32 Å². The number of nitrogens with zero attached hydrogens (tertiary/aromatic N) is 1. The molecule has 1 N–H and O–H groups in total. The minimum atomic E-state index is -0.0610. The Bertz CT molecular complexity index is 769. The van der Waals surface area contributed by atoms with Crippen LogP contribution in [0.2, 0.25) is 0 Å². The third kappa shape index (κ3) is 8.24. The highest BCUT2D eigenvalue weighted by atomic mass is 16.2. The lowest BCUT2D eigenvalue weighted by atomic mass is 9.91. The molecule has 0 radical (unpaired) electrons. The molecular formula is C26H34N2O2. The van der Waals surface area contributed by atoms with Crippen molar-refractivity contribution in [3.63, 3.8) is 0 Å². The molecular weight excluding hydrogens is 372 g/mol. The Hall–Kier alpha value is -2.88. The summed E-state index contributed by atoms with van der Waals surface area (Å²) in [7, 11) is 0. The quantitative estimate of drug-likeness (QED) is 0.335. The Morgan fingerprint density at radius 2 is 1.83 bits per heavy atom. The van der Waals surface area contributed by atoms with Crippen molar-refractivity contribution < 1.29 is 9.59 Å². The zero-order chi connectivity index (χ0) is 21.6. The largest absolute Gasteiger partial charge is 0.353 e. The summed E-state index contributed by atoms with van der Waals surface area (Å²) in [4.78, 5) is 26.4. The Balaban J connectivity index is 1.59. The topological polar surface area (TPSA) is 49.4 Å². The second-order valence-corrected chi connectivity index (χ2v) is 7.61. The van der Waals surface area contributed by atoms with Gasteiger partial charge in [0, 0.05) is 31.3 Å². The average Bonchev–Trinajstić information content (AvgIpc) is 2.79. The standard InChI is InChI=1S/C26H34N2O2/c1-3-5-11-22(4-2)15-16-25(29)27-19-10-9-12-23-17-20-28(21-18-23)26(30)24-13-7-6-8-14-24/h3-8,11,13-16,23H,1,9-10,12,17-21H2,2H3,(H,27,29)/b11-5-,16-15+,22-4+. The molecule has 1 aromatic rings. The molecule has 0 spiro atoms. The van der Waals surface area contributed by atoms with E-state index in [9.17, 15) is 9.59 Å². The van der Waals surface area contributed by atoms with Crippen LogP contribution in [0.4, 0.5) is 0 Å². The predicted octanol–water partition coefficient (Wildman–Crippen LogP) is 5.07. The molecule has 1 aromatic carbocycles. The van der Waals surface area contributed by atoms with Crippen molar-refractivity contribution in [2.75, 3.05) is 19.6 Å². The Morgan fingerprint density at radius 1 is 1.10 bits per heavy atom. The summed E-state index contributed by atoms with van der Waals surface area (Å²) in [6.45, 7) is 7.96. The van der Waals surface area contributed by atoms with Crippen LogP contribution in [-0.2, 0) is 4.79 Å². The van der Waals surface area contributed by atoms with E-state index in [0.717, 1.165) is 56.3 Å². The highest BCUT2D eigenvalue weighted by Gasteiger charge is 2.23. The van der Waals surface area contributed by atoms with Gasteiger partial charge in [-0.25, -0.2) is 0 Å². The molecule has 1 saturated heterocycles. The number of carbonyl (C=O) groups is 2. The van der Waals surface area contributed by atoms with E-state index in [4.69, 9.17) is 0 Å². The van der Waals surface area contributed by atoms with Crippen LogP contribution in [0.1, 0.15) is 49.4 Å². The summed E-state index contributed by atoms with van der Waals surface area (Å²) < 4.78 is 0. The highest BCUT2D eigenvalue weighted by molar-refractivity contribution is 5.94. The van der Waals surface area contributed by atoms with Gasteiger partial charge in [0.1, 0.15) is 0 Å². The van der Waals surface area contributed by atoms with Gasteiger partial charge in [0.05, 0.1) is 0 Å². The zero-order valence-corrected chi connectivity index (χ0v) is 18.1. The SMILES string of the molecule is C=C\C=C/C(/C=C/C(=O)NCCCCC1CCN(C(=O)c2ccccc2)CC1)=C\C. The molecule has 1 aliphatic heterocycles. The second kappa shape index (κ2) is 13.4. The van der Waals surface area contributed by atoms with Crippen LogP contribution in [0.15, 0.2) is 78.9 Å². The first kappa shape index (κ1) is 23.4. The van der Waals surface area contributed by atoms with Crippen molar-refractivity contribution in [1.82, 2.24) is 10.2 Å². The molecule has 0 aliphatic carbocycles. The van der Waals surface area contributed by atoms with Crippen molar-refractivity contribution in [3.05, 3.63) is 84.5 Å². The molecule has 1 aliphatic rings. The van der Waals surface area contributed by atoms with Gasteiger partial charge in [-0.05, 0) is 55.9 Å². The monoisotopic (exact) mass is 406 g/mol. The van der Waals surface area contributed by atoms with Gasteiger partial charge < -0.3 is 10.2 Å². The van der Waals surface area contributed by atoms with Crippen LogP contribution >= 0.6 is 0 Å². The first-order valence-electron chi connectivity index (χ1n) is 10.9. The summed E-state index contributed by atoms with van der Waals surface area (Å²) >= 11 is 0. The second-order valence-electron chi connectivity index (χ2n) is 7.61. The Kier molecular flexibility index (Phi) is 10.4. The van der Waals surface area contributed by atoms with E-state index >= 15 is 0 Å². The number of unbranched alkanes of at least 4 members (excludes halogenated alkanes) is 1. The molecule has 0 aromatic heterocycles. The van der Waals surface area contributed by atoms with E-state index in [1.54, 1.807) is 18.2 Å². The van der Waals surface area contributed by atoms with Crippen molar-refractivity contribution in [1.29, 1.82) is 0 Å². The van der Waals surface area contributed by atoms with Gasteiger partial charge in [-0.3, -0.25) is 9.59 Å². The molecule has 2 rings (SSSR count). The first-order valence-corrected chi connectivity index (χ1v) is 10.9. The molecule has 4 heteroatoms. The number of nitrogens with one attached hydrogen (secondary N) is 1. The highest BCUT2D eigenvalue weighted by Crippen LogP contribution is 2.23. The van der Waals surface area contributed by atoms with Crippen molar-refractivity contribution >= 4 is 11.8 Å². The number of hydrogen-bond donors (Lipinski definition) is 1. The van der Waals surface area contributed by atoms with Crippen LogP contribution in [0.5, 0.6) is 0 Å². The van der Waals surface area contributed by atoms with Crippen LogP contribution in [0, 0.1) is 5.92 Å². The van der Waals surface area contributed by atoms with Gasteiger partial charge in [-0.2, -0.15) is 0 Å². The van der Waals surface area contributed by atoms with Crippen molar-refractivity contribution in [3.8, 4) is 0 Å². The van der Waals surface area contributed by atoms with Gasteiger partial charge in [0.25, 0.3) is 5.91 Å². The number of amides is 2. The molecule has 4 nitrogen and oxygen atoms in total. The first-order chi connectivity index (χ1) is 14.6. The predicted molar refractivity (Wildman–Crippen MR) is 124 cm³/mol. The minimum absolute atomic E-state index is 0.0610. The Labute approximate surface area is 181 Å². The van der Waals surface area contributed by atoms with E-state index < -0.39 is 0 Å². The van der Waals surface area contributed by atoms with Crippen molar-refractivity contribution in [2.45, 2.75) is 39.0 Å². The lowest BCUT2D eigenvalue weighted by Gasteiger charge is -2.32. The normalized spacial score (nSPS) is 15.6. The number of piperidine rings is 1. The summed E-state index contributed by atoms with van der Waals surface area (Å²) in [5.41, 5.74) is 1.75. The number of benzene rings is 1. The van der Waals surface area contributed by atoms with E-state index in [1.165, 1.54) is 0 Å². The van der Waals surface area contributed by atoms with Crippen LogP contribution in [-0.4, -0.2) is 36.3 Å².